The highest BCUT2D eigenvalue weighted by Crippen LogP contribution is 2.41. The number of nitrogens with zero attached hydrogens (tertiary/aromatic N) is 3. The fourth-order valence-electron chi connectivity index (χ4n) is 4.53. The molecule has 3 aromatic carbocycles. The highest BCUT2D eigenvalue weighted by molar-refractivity contribution is 5.84. The monoisotopic (exact) mass is 447 g/mol. The number of carbonyl (C=O) groups excluding carboxylic acids is 1. The lowest BCUT2D eigenvalue weighted by atomic mass is 9.77. The molecule has 0 amide bonds. The Morgan fingerprint density at radius 2 is 1.29 bits per heavy atom. The van der Waals surface area contributed by atoms with Gasteiger partial charge in [-0.05, 0) is 28.8 Å². The van der Waals surface area contributed by atoms with Crippen LogP contribution in [0.4, 0.5) is 4.39 Å². The zero-order chi connectivity index (χ0) is 23.4. The van der Waals surface area contributed by atoms with Gasteiger partial charge < -0.3 is 4.57 Å². The molecule has 0 bridgehead atoms. The van der Waals surface area contributed by atoms with Crippen molar-refractivity contribution in [1.29, 1.82) is 0 Å². The van der Waals surface area contributed by atoms with E-state index in [9.17, 15) is 9.18 Å². The van der Waals surface area contributed by atoms with E-state index in [0.717, 1.165) is 16.7 Å². The summed E-state index contributed by atoms with van der Waals surface area (Å²) >= 11 is 0. The van der Waals surface area contributed by atoms with Gasteiger partial charge in [-0.2, -0.15) is 0 Å². The fourth-order valence-corrected chi connectivity index (χ4v) is 4.53. The first-order chi connectivity index (χ1) is 16.8. The molecule has 0 saturated heterocycles. The molecule has 5 heteroatoms. The molecule has 0 spiro atoms. The number of rotatable bonds is 7. The number of pyridine rings is 1. The third-order valence-corrected chi connectivity index (χ3v) is 6.05. The summed E-state index contributed by atoms with van der Waals surface area (Å²) in [5.41, 5.74) is 4.04. The molecule has 0 aliphatic rings. The van der Waals surface area contributed by atoms with E-state index in [2.05, 4.69) is 50.9 Å². The number of benzene rings is 3. The highest BCUT2D eigenvalue weighted by atomic mass is 19.1. The number of hydrogen-bond acceptors (Lipinski definition) is 3. The molecule has 0 aliphatic heterocycles. The van der Waals surface area contributed by atoms with E-state index in [4.69, 9.17) is 0 Å². The predicted octanol–water partition coefficient (Wildman–Crippen LogP) is 6.07. The van der Waals surface area contributed by atoms with Crippen LogP contribution in [0.25, 0.3) is 11.3 Å². The number of halogens is 1. The van der Waals surface area contributed by atoms with Crippen molar-refractivity contribution in [3.05, 3.63) is 144 Å². The van der Waals surface area contributed by atoms with Crippen LogP contribution in [0.1, 0.15) is 32.9 Å². The first-order valence-electron chi connectivity index (χ1n) is 11.0. The van der Waals surface area contributed by atoms with Crippen molar-refractivity contribution in [2.75, 3.05) is 0 Å². The Bertz CT molecular complexity index is 1300. The summed E-state index contributed by atoms with van der Waals surface area (Å²) in [6.07, 6.45) is 4.35. The van der Waals surface area contributed by atoms with Gasteiger partial charge in [0.2, 0.25) is 0 Å². The largest absolute Gasteiger partial charge is 0.318 e. The van der Waals surface area contributed by atoms with E-state index in [1.807, 2.05) is 60.8 Å². The Morgan fingerprint density at radius 3 is 1.76 bits per heavy atom. The van der Waals surface area contributed by atoms with Gasteiger partial charge in [-0.1, -0.05) is 91.0 Å². The minimum atomic E-state index is -0.727. The lowest BCUT2D eigenvalue weighted by Gasteiger charge is -2.37. The van der Waals surface area contributed by atoms with Gasteiger partial charge in [0.1, 0.15) is 17.9 Å². The lowest BCUT2D eigenvalue weighted by Crippen LogP contribution is -2.36. The van der Waals surface area contributed by atoms with E-state index in [0.29, 0.717) is 17.5 Å². The van der Waals surface area contributed by atoms with Gasteiger partial charge in [-0.15, -0.1) is 0 Å². The molecule has 5 aromatic rings. The second kappa shape index (κ2) is 9.24. The number of aromatic nitrogens is 3. The fraction of sp³-hybridized carbons (Fsp3) is 0.0690. The molecule has 166 valence electrons. The molecule has 5 rings (SSSR count). The second-order valence-corrected chi connectivity index (χ2v) is 7.96. The molecule has 0 fully saturated rings. The maximum atomic E-state index is 13.1. The molecule has 0 radical (unpaired) electrons. The summed E-state index contributed by atoms with van der Waals surface area (Å²) in [5.74, 6) is 0. The van der Waals surface area contributed by atoms with Crippen LogP contribution in [0, 0.1) is 0 Å². The quantitative estimate of drug-likeness (QED) is 0.225. The van der Waals surface area contributed by atoms with Gasteiger partial charge in [0.15, 0.2) is 6.29 Å². The summed E-state index contributed by atoms with van der Waals surface area (Å²) in [5, 5.41) is 0. The van der Waals surface area contributed by atoms with Crippen molar-refractivity contribution >= 4 is 6.29 Å². The van der Waals surface area contributed by atoms with Gasteiger partial charge in [0, 0.05) is 11.8 Å². The van der Waals surface area contributed by atoms with E-state index in [-0.39, 0.29) is 11.4 Å². The molecule has 4 nitrogen and oxygen atoms in total. The van der Waals surface area contributed by atoms with Crippen molar-refractivity contribution < 1.29 is 9.18 Å². The summed E-state index contributed by atoms with van der Waals surface area (Å²) in [7, 11) is 0. The van der Waals surface area contributed by atoms with Crippen LogP contribution in [-0.2, 0) is 12.2 Å². The average molecular weight is 448 g/mol. The van der Waals surface area contributed by atoms with Crippen molar-refractivity contribution in [1.82, 2.24) is 14.5 Å². The van der Waals surface area contributed by atoms with E-state index in [1.165, 1.54) is 0 Å². The normalized spacial score (nSPS) is 11.3. The van der Waals surface area contributed by atoms with Gasteiger partial charge >= 0.3 is 0 Å². The Hall–Kier alpha value is -4.38. The van der Waals surface area contributed by atoms with Crippen LogP contribution >= 0.6 is 0 Å². The van der Waals surface area contributed by atoms with Gasteiger partial charge in [0.25, 0.3) is 0 Å². The summed E-state index contributed by atoms with van der Waals surface area (Å²) in [6, 6.07) is 34.1. The van der Waals surface area contributed by atoms with Crippen LogP contribution in [0.2, 0.25) is 0 Å². The second-order valence-electron chi connectivity index (χ2n) is 7.96. The number of imidazole rings is 1. The zero-order valence-electron chi connectivity index (χ0n) is 18.4. The van der Waals surface area contributed by atoms with Crippen molar-refractivity contribution in [3.63, 3.8) is 0 Å². The van der Waals surface area contributed by atoms with Crippen LogP contribution in [0.5, 0.6) is 0 Å². The van der Waals surface area contributed by atoms with Gasteiger partial charge in [-0.25, -0.2) is 14.4 Å². The molecule has 2 heterocycles. The van der Waals surface area contributed by atoms with Crippen molar-refractivity contribution in [3.8, 4) is 11.3 Å². The summed E-state index contributed by atoms with van der Waals surface area (Å²) < 4.78 is 15.2. The third-order valence-electron chi connectivity index (χ3n) is 6.05. The molecule has 0 atom stereocenters. The SMILES string of the molecule is O=Cc1nc(CF)ccc1-c1cn(C(c2ccccc2)(c2ccccc2)c2ccccc2)cn1. The Morgan fingerprint density at radius 1 is 0.765 bits per heavy atom. The number of alkyl halides is 1. The molecule has 0 aliphatic carbocycles. The molecule has 0 unspecified atom stereocenters. The zero-order valence-corrected chi connectivity index (χ0v) is 18.4. The minimum Gasteiger partial charge on any atom is -0.318 e. The molecular formula is C29H22FN3O. The lowest BCUT2D eigenvalue weighted by molar-refractivity contribution is 0.111. The summed E-state index contributed by atoms with van der Waals surface area (Å²) in [6.45, 7) is -0.727. The number of hydrogen-bond donors (Lipinski definition) is 0. The van der Waals surface area contributed by atoms with Crippen LogP contribution in [0.15, 0.2) is 116 Å². The van der Waals surface area contributed by atoms with E-state index < -0.39 is 12.2 Å². The molecule has 0 N–H and O–H groups in total. The topological polar surface area (TPSA) is 47.8 Å². The molecule has 0 saturated carbocycles. The number of aldehydes is 1. The maximum Gasteiger partial charge on any atom is 0.169 e. The van der Waals surface area contributed by atoms with Gasteiger partial charge in [0.05, 0.1) is 17.7 Å². The molecular weight excluding hydrogens is 425 g/mol. The van der Waals surface area contributed by atoms with Crippen LogP contribution < -0.4 is 0 Å². The van der Waals surface area contributed by atoms with Crippen molar-refractivity contribution in [2.24, 2.45) is 0 Å². The van der Waals surface area contributed by atoms with E-state index >= 15 is 0 Å². The molecule has 2 aromatic heterocycles. The highest BCUT2D eigenvalue weighted by Gasteiger charge is 2.38. The number of carbonyl (C=O) groups is 1. The van der Waals surface area contributed by atoms with Crippen molar-refractivity contribution in [2.45, 2.75) is 12.2 Å². The van der Waals surface area contributed by atoms with Gasteiger partial charge in [-0.3, -0.25) is 4.79 Å². The average Bonchev–Trinajstić information content (AvgIpc) is 3.41. The first kappa shape index (κ1) is 21.5. The minimum absolute atomic E-state index is 0.171. The maximum absolute atomic E-state index is 13.1. The Labute approximate surface area is 197 Å². The first-order valence-corrected chi connectivity index (χ1v) is 11.0. The molecule has 34 heavy (non-hydrogen) atoms. The third kappa shape index (κ3) is 3.61. The Kier molecular flexibility index (Phi) is 5.83. The van der Waals surface area contributed by atoms with Crippen LogP contribution in [-0.4, -0.2) is 20.8 Å². The smallest absolute Gasteiger partial charge is 0.169 e. The summed E-state index contributed by atoms with van der Waals surface area (Å²) in [4.78, 5) is 20.5. The predicted molar refractivity (Wildman–Crippen MR) is 130 cm³/mol. The Balaban J connectivity index is 1.79. The van der Waals surface area contributed by atoms with Crippen LogP contribution in [0.3, 0.4) is 0 Å². The standard InChI is InChI=1S/C29H22FN3O/c30-18-25-16-17-26(28(20-34)32-25)27-19-33(21-31-27)29(22-10-4-1-5-11-22,23-12-6-2-7-13-23)24-14-8-3-9-15-24/h1-17,19-21H,18H2. The van der Waals surface area contributed by atoms with E-state index in [1.54, 1.807) is 18.5 Å².